The van der Waals surface area contributed by atoms with Gasteiger partial charge in [0, 0.05) is 24.8 Å². The Bertz CT molecular complexity index is 176. The smallest absolute Gasteiger partial charge is 0.0390 e. The van der Waals surface area contributed by atoms with Crippen LogP contribution in [0.1, 0.15) is 5.56 Å². The first kappa shape index (κ1) is 7.57. The van der Waals surface area contributed by atoms with Crippen molar-refractivity contribution in [2.24, 2.45) is 0 Å². The van der Waals surface area contributed by atoms with Gasteiger partial charge in [0.05, 0.1) is 0 Å². The van der Waals surface area contributed by atoms with Crippen molar-refractivity contribution in [3.63, 3.8) is 0 Å². The predicted molar refractivity (Wildman–Crippen MR) is 44.9 cm³/mol. The molecule has 0 saturated heterocycles. The molecule has 0 amide bonds. The highest BCUT2D eigenvalue weighted by Gasteiger charge is 1.86. The van der Waals surface area contributed by atoms with Crippen LogP contribution in [0, 0.1) is 0 Å². The molecule has 0 fully saturated rings. The van der Waals surface area contributed by atoms with Gasteiger partial charge in [-0.05, 0) is 11.6 Å². The molecule has 0 bridgehead atoms. The monoisotopic (exact) mass is 154 g/mol. The fourth-order valence-electron chi connectivity index (χ4n) is 0.703. The normalized spacial score (nSPS) is 9.70. The SMILES string of the molecule is SCNCc1cccnc1. The molecule has 1 rings (SSSR count). The number of nitrogens with zero attached hydrogens (tertiary/aromatic N) is 1. The Morgan fingerprint density at radius 2 is 2.50 bits per heavy atom. The molecule has 0 atom stereocenters. The molecule has 1 aromatic rings. The van der Waals surface area contributed by atoms with Gasteiger partial charge in [0.2, 0.25) is 0 Å². The molecule has 0 aromatic carbocycles. The summed E-state index contributed by atoms with van der Waals surface area (Å²) in [5.74, 6) is 0.703. The molecule has 0 aliphatic rings. The topological polar surface area (TPSA) is 24.9 Å². The number of thiol groups is 1. The molecule has 54 valence electrons. The van der Waals surface area contributed by atoms with Crippen LogP contribution < -0.4 is 5.32 Å². The summed E-state index contributed by atoms with van der Waals surface area (Å²) >= 11 is 4.02. The number of aromatic nitrogens is 1. The van der Waals surface area contributed by atoms with Crippen LogP contribution in [0.25, 0.3) is 0 Å². The second-order valence-electron chi connectivity index (χ2n) is 1.95. The summed E-state index contributed by atoms with van der Waals surface area (Å²) in [6.45, 7) is 0.845. The number of rotatable bonds is 3. The first-order chi connectivity index (χ1) is 4.93. The van der Waals surface area contributed by atoms with Crippen LogP contribution in [0.3, 0.4) is 0 Å². The molecule has 0 radical (unpaired) electrons. The van der Waals surface area contributed by atoms with Gasteiger partial charge in [0.1, 0.15) is 0 Å². The van der Waals surface area contributed by atoms with E-state index in [1.807, 2.05) is 18.3 Å². The van der Waals surface area contributed by atoms with Crippen LogP contribution in [0.15, 0.2) is 24.5 Å². The van der Waals surface area contributed by atoms with E-state index in [-0.39, 0.29) is 0 Å². The molecule has 10 heavy (non-hydrogen) atoms. The minimum absolute atomic E-state index is 0.703. The number of hydrogen-bond acceptors (Lipinski definition) is 3. The summed E-state index contributed by atoms with van der Waals surface area (Å²) in [7, 11) is 0. The quantitative estimate of drug-likeness (QED) is 0.502. The molecule has 0 saturated carbocycles. The Balaban J connectivity index is 2.43. The average molecular weight is 154 g/mol. The third-order valence-corrected chi connectivity index (χ3v) is 1.39. The molecule has 0 spiro atoms. The van der Waals surface area contributed by atoms with Crippen LogP contribution in [0.5, 0.6) is 0 Å². The lowest BCUT2D eigenvalue weighted by Crippen LogP contribution is -2.09. The van der Waals surface area contributed by atoms with Crippen LogP contribution >= 0.6 is 12.6 Å². The zero-order valence-corrected chi connectivity index (χ0v) is 6.51. The van der Waals surface area contributed by atoms with Crippen molar-refractivity contribution in [3.8, 4) is 0 Å². The maximum absolute atomic E-state index is 4.02. The third-order valence-electron chi connectivity index (χ3n) is 1.16. The van der Waals surface area contributed by atoms with Crippen molar-refractivity contribution in [2.75, 3.05) is 5.88 Å². The predicted octanol–water partition coefficient (Wildman–Crippen LogP) is 1.06. The fraction of sp³-hybridized carbons (Fsp3) is 0.286. The molecular weight excluding hydrogens is 144 g/mol. The van der Waals surface area contributed by atoms with E-state index < -0.39 is 0 Å². The van der Waals surface area contributed by atoms with Gasteiger partial charge in [-0.2, -0.15) is 12.6 Å². The summed E-state index contributed by atoms with van der Waals surface area (Å²) in [5, 5.41) is 3.09. The van der Waals surface area contributed by atoms with E-state index in [9.17, 15) is 0 Å². The molecule has 0 unspecified atom stereocenters. The minimum atomic E-state index is 0.703. The van der Waals surface area contributed by atoms with E-state index in [0.29, 0.717) is 5.88 Å². The summed E-state index contributed by atoms with van der Waals surface area (Å²) in [6, 6.07) is 3.96. The Hall–Kier alpha value is -0.540. The van der Waals surface area contributed by atoms with Gasteiger partial charge in [-0.15, -0.1) is 0 Å². The highest BCUT2D eigenvalue weighted by atomic mass is 32.1. The number of hydrogen-bond donors (Lipinski definition) is 2. The largest absolute Gasteiger partial charge is 0.304 e. The minimum Gasteiger partial charge on any atom is -0.304 e. The van der Waals surface area contributed by atoms with Crippen LogP contribution in [0.4, 0.5) is 0 Å². The van der Waals surface area contributed by atoms with Crippen molar-refractivity contribution in [1.29, 1.82) is 0 Å². The highest BCUT2D eigenvalue weighted by Crippen LogP contribution is 1.93. The van der Waals surface area contributed by atoms with Crippen LogP contribution in [-0.2, 0) is 6.54 Å². The molecular formula is C7H10N2S. The summed E-state index contributed by atoms with van der Waals surface area (Å²) < 4.78 is 0. The lowest BCUT2D eigenvalue weighted by Gasteiger charge is -1.98. The van der Waals surface area contributed by atoms with E-state index in [1.54, 1.807) is 6.20 Å². The number of nitrogens with one attached hydrogen (secondary N) is 1. The Morgan fingerprint density at radius 3 is 3.10 bits per heavy atom. The van der Waals surface area contributed by atoms with E-state index in [1.165, 1.54) is 5.56 Å². The van der Waals surface area contributed by atoms with Crippen molar-refractivity contribution in [3.05, 3.63) is 30.1 Å². The Kier molecular flexibility index (Phi) is 3.26. The van der Waals surface area contributed by atoms with E-state index >= 15 is 0 Å². The van der Waals surface area contributed by atoms with Gasteiger partial charge >= 0.3 is 0 Å². The lowest BCUT2D eigenvalue weighted by molar-refractivity contribution is 0.794. The average Bonchev–Trinajstić information content (AvgIpc) is 2.03. The summed E-state index contributed by atoms with van der Waals surface area (Å²) in [6.07, 6.45) is 3.61. The van der Waals surface area contributed by atoms with Gasteiger partial charge in [0.15, 0.2) is 0 Å². The van der Waals surface area contributed by atoms with Crippen LogP contribution in [-0.4, -0.2) is 10.9 Å². The Morgan fingerprint density at radius 1 is 1.60 bits per heavy atom. The van der Waals surface area contributed by atoms with E-state index in [0.717, 1.165) is 6.54 Å². The summed E-state index contributed by atoms with van der Waals surface area (Å²) in [5.41, 5.74) is 1.19. The zero-order chi connectivity index (χ0) is 7.23. The lowest BCUT2D eigenvalue weighted by atomic mass is 10.3. The molecule has 1 aromatic heterocycles. The van der Waals surface area contributed by atoms with E-state index in [2.05, 4.69) is 22.9 Å². The van der Waals surface area contributed by atoms with Crippen molar-refractivity contribution < 1.29 is 0 Å². The summed E-state index contributed by atoms with van der Waals surface area (Å²) in [4.78, 5) is 3.97. The number of pyridine rings is 1. The molecule has 1 N–H and O–H groups in total. The van der Waals surface area contributed by atoms with E-state index in [4.69, 9.17) is 0 Å². The standard InChI is InChI=1S/C7H10N2S/c10-6-9-5-7-2-1-3-8-4-7/h1-4,9-10H,5-6H2. The van der Waals surface area contributed by atoms with Gasteiger partial charge in [-0.3, -0.25) is 4.98 Å². The van der Waals surface area contributed by atoms with Gasteiger partial charge in [-0.25, -0.2) is 0 Å². The van der Waals surface area contributed by atoms with Crippen molar-refractivity contribution >= 4 is 12.6 Å². The third kappa shape index (κ3) is 2.37. The second-order valence-corrected chi connectivity index (χ2v) is 2.26. The molecule has 2 nitrogen and oxygen atoms in total. The molecule has 3 heteroatoms. The maximum Gasteiger partial charge on any atom is 0.0390 e. The first-order valence-electron chi connectivity index (χ1n) is 3.14. The van der Waals surface area contributed by atoms with Crippen LogP contribution in [0.2, 0.25) is 0 Å². The van der Waals surface area contributed by atoms with Crippen molar-refractivity contribution in [2.45, 2.75) is 6.54 Å². The molecule has 0 aliphatic heterocycles. The first-order valence-corrected chi connectivity index (χ1v) is 3.77. The maximum atomic E-state index is 4.02. The zero-order valence-electron chi connectivity index (χ0n) is 5.62. The molecule has 1 heterocycles. The van der Waals surface area contributed by atoms with Gasteiger partial charge in [0.25, 0.3) is 0 Å². The Labute approximate surface area is 66.1 Å². The highest BCUT2D eigenvalue weighted by molar-refractivity contribution is 7.80. The van der Waals surface area contributed by atoms with Gasteiger partial charge in [-0.1, -0.05) is 6.07 Å². The molecule has 0 aliphatic carbocycles. The van der Waals surface area contributed by atoms with Crippen molar-refractivity contribution in [1.82, 2.24) is 10.3 Å². The second kappa shape index (κ2) is 4.30. The fourth-order valence-corrected chi connectivity index (χ4v) is 0.815. The van der Waals surface area contributed by atoms with Gasteiger partial charge < -0.3 is 5.32 Å².